The van der Waals surface area contributed by atoms with Gasteiger partial charge < -0.3 is 24.8 Å². The highest BCUT2D eigenvalue weighted by atomic mass is 19.4. The predicted molar refractivity (Wildman–Crippen MR) is 178 cm³/mol. The average Bonchev–Trinajstić information content (AvgIpc) is 3.58. The Balaban J connectivity index is 1.29. The normalized spacial score (nSPS) is 24.8. The molecule has 4 aliphatic heterocycles. The molecule has 8 rings (SSSR count). The Morgan fingerprint density at radius 2 is 1.92 bits per heavy atom. The highest BCUT2D eigenvalue weighted by molar-refractivity contribution is 6.04. The predicted octanol–water partition coefficient (Wildman–Crippen LogP) is 7.12. The number of fused-ring (bicyclic) bond motifs is 4. The third-order valence-corrected chi connectivity index (χ3v) is 11.2. The lowest BCUT2D eigenvalue weighted by Crippen LogP contribution is -2.58. The summed E-state index contributed by atoms with van der Waals surface area (Å²) >= 11 is 0. The first-order valence-corrected chi connectivity index (χ1v) is 17.6. The Kier molecular flexibility index (Phi) is 8.75. The lowest BCUT2D eigenvalue weighted by atomic mass is 9.89. The minimum atomic E-state index is -5.28. The van der Waals surface area contributed by atoms with Crippen LogP contribution < -0.4 is 19.7 Å². The number of nitrogens with zero attached hydrogens (tertiary/aromatic N) is 5. The van der Waals surface area contributed by atoms with E-state index in [1.807, 2.05) is 0 Å². The molecule has 0 saturated carbocycles. The second-order valence-electron chi connectivity index (χ2n) is 14.3. The average molecular weight is 735 g/mol. The lowest BCUT2D eigenvalue weighted by molar-refractivity contribution is -0.275. The molecule has 2 aromatic carbocycles. The number of hydrogen-bond acceptors (Lipinski definition) is 9. The summed E-state index contributed by atoms with van der Waals surface area (Å²) in [4.78, 5) is 18.3. The number of ether oxygens (including phenoxy) is 2. The molecule has 0 amide bonds. The van der Waals surface area contributed by atoms with E-state index in [4.69, 9.17) is 9.72 Å². The fourth-order valence-electron chi connectivity index (χ4n) is 9.10. The monoisotopic (exact) mass is 734 g/mol. The molecule has 3 fully saturated rings. The molecule has 4 aromatic rings. The molecular formula is C36H37F7N6O3. The Morgan fingerprint density at radius 3 is 2.69 bits per heavy atom. The number of phenolic OH excluding ortho intramolecular Hbond substituents is 1. The Morgan fingerprint density at radius 1 is 1.10 bits per heavy atom. The van der Waals surface area contributed by atoms with Crippen molar-refractivity contribution in [3.05, 3.63) is 41.6 Å². The molecule has 4 aliphatic rings. The van der Waals surface area contributed by atoms with Crippen molar-refractivity contribution in [1.82, 2.24) is 25.2 Å². The van der Waals surface area contributed by atoms with E-state index in [2.05, 4.69) is 36.7 Å². The summed E-state index contributed by atoms with van der Waals surface area (Å²) in [5.41, 5.74) is -1.08. The van der Waals surface area contributed by atoms with Gasteiger partial charge in [-0.3, -0.25) is 4.90 Å². The van der Waals surface area contributed by atoms with Gasteiger partial charge in [-0.2, -0.15) is 9.97 Å². The van der Waals surface area contributed by atoms with Crippen LogP contribution in [-0.4, -0.2) is 88.2 Å². The van der Waals surface area contributed by atoms with Crippen molar-refractivity contribution in [1.29, 1.82) is 0 Å². The molecule has 9 nitrogen and oxygen atoms in total. The van der Waals surface area contributed by atoms with Crippen LogP contribution in [0.4, 0.5) is 36.6 Å². The number of phenols is 1. The lowest BCUT2D eigenvalue weighted by Gasteiger charge is -2.42. The quantitative estimate of drug-likeness (QED) is 0.184. The summed E-state index contributed by atoms with van der Waals surface area (Å²) in [7, 11) is 0. The number of nitrogens with one attached hydrogen (secondary N) is 1. The minimum Gasteiger partial charge on any atom is -0.508 e. The standard InChI is InChI=1S/C36H37F7N6O3/c1-2-23-25-7-6-24-28-31(29(40)30(45-24)21-14-20(50)13-19-4-5-22(37)32(27(19)21)52-36(41,42)43)46-34(47-33(28)49(25)11-9-44-23)51-17-35-8-3-10-48(35)16-18(15-35)12-26(38)39/h4-5,13-14,18,23,25-26,44,50H,2-3,6-12,15-17H2,1H3/t18?,23-,25?,35?/m0/s1. The highest BCUT2D eigenvalue weighted by Gasteiger charge is 2.49. The third kappa shape index (κ3) is 6.10. The van der Waals surface area contributed by atoms with E-state index in [1.54, 1.807) is 0 Å². The van der Waals surface area contributed by atoms with Gasteiger partial charge in [-0.25, -0.2) is 22.5 Å². The number of benzene rings is 2. The summed E-state index contributed by atoms with van der Waals surface area (Å²) < 4.78 is 110. The third-order valence-electron chi connectivity index (χ3n) is 11.2. The van der Waals surface area contributed by atoms with Crippen molar-refractivity contribution in [3.63, 3.8) is 0 Å². The van der Waals surface area contributed by atoms with Gasteiger partial charge >= 0.3 is 12.4 Å². The summed E-state index contributed by atoms with van der Waals surface area (Å²) in [6, 6.07) is 3.94. The number of aryl methyl sites for hydroxylation is 1. The zero-order valence-corrected chi connectivity index (χ0v) is 28.2. The second-order valence-corrected chi connectivity index (χ2v) is 14.3. The van der Waals surface area contributed by atoms with Crippen LogP contribution in [-0.2, 0) is 6.42 Å². The first-order valence-electron chi connectivity index (χ1n) is 17.6. The molecule has 3 saturated heterocycles. The number of rotatable bonds is 8. The molecule has 0 spiro atoms. The van der Waals surface area contributed by atoms with Crippen LogP contribution in [0.25, 0.3) is 32.9 Å². The van der Waals surface area contributed by atoms with Crippen LogP contribution in [0.5, 0.6) is 17.5 Å². The van der Waals surface area contributed by atoms with Crippen molar-refractivity contribution in [2.24, 2.45) is 5.92 Å². The maximum atomic E-state index is 17.2. The fraction of sp³-hybridized carbons (Fsp3) is 0.528. The van der Waals surface area contributed by atoms with Gasteiger partial charge in [0.25, 0.3) is 0 Å². The van der Waals surface area contributed by atoms with Gasteiger partial charge in [-0.1, -0.05) is 13.0 Å². The maximum absolute atomic E-state index is 17.2. The molecule has 0 aliphatic carbocycles. The zero-order chi connectivity index (χ0) is 36.5. The van der Waals surface area contributed by atoms with Gasteiger partial charge in [0.2, 0.25) is 6.43 Å². The van der Waals surface area contributed by atoms with Crippen molar-refractivity contribution in [2.75, 3.05) is 37.7 Å². The molecule has 0 bridgehead atoms. The van der Waals surface area contributed by atoms with Gasteiger partial charge in [0.15, 0.2) is 17.4 Å². The molecular weight excluding hydrogens is 697 g/mol. The van der Waals surface area contributed by atoms with Gasteiger partial charge in [-0.15, -0.1) is 13.2 Å². The van der Waals surface area contributed by atoms with Crippen molar-refractivity contribution >= 4 is 27.5 Å². The molecule has 16 heteroatoms. The van der Waals surface area contributed by atoms with Crippen LogP contribution in [0, 0.1) is 17.6 Å². The number of anilines is 1. The van der Waals surface area contributed by atoms with Crippen LogP contribution in [0.2, 0.25) is 0 Å². The van der Waals surface area contributed by atoms with E-state index in [0.29, 0.717) is 55.8 Å². The van der Waals surface area contributed by atoms with Crippen LogP contribution in [0.3, 0.4) is 0 Å². The topological polar surface area (TPSA) is 95.9 Å². The Labute approximate surface area is 294 Å². The van der Waals surface area contributed by atoms with E-state index >= 15 is 8.78 Å². The summed E-state index contributed by atoms with van der Waals surface area (Å²) in [6.07, 6.45) is -4.06. The molecule has 2 aromatic heterocycles. The molecule has 2 N–H and O–H groups in total. The number of aromatic nitrogens is 3. The number of hydrogen-bond donors (Lipinski definition) is 2. The summed E-state index contributed by atoms with van der Waals surface area (Å²) in [5, 5.41) is 14.0. The second kappa shape index (κ2) is 13.0. The van der Waals surface area contributed by atoms with Crippen LogP contribution in [0.15, 0.2) is 24.3 Å². The number of alkyl halides is 5. The largest absolute Gasteiger partial charge is 0.573 e. The maximum Gasteiger partial charge on any atom is 0.573 e. The van der Waals surface area contributed by atoms with Crippen LogP contribution in [0.1, 0.15) is 51.1 Å². The van der Waals surface area contributed by atoms with Crippen molar-refractivity contribution in [3.8, 4) is 28.8 Å². The fourth-order valence-corrected chi connectivity index (χ4v) is 9.10. The van der Waals surface area contributed by atoms with E-state index in [1.165, 1.54) is 0 Å². The minimum absolute atomic E-state index is 0.0358. The van der Waals surface area contributed by atoms with E-state index < -0.39 is 52.5 Å². The van der Waals surface area contributed by atoms with E-state index in [0.717, 1.165) is 50.1 Å². The van der Waals surface area contributed by atoms with Gasteiger partial charge in [-0.05, 0) is 74.6 Å². The highest BCUT2D eigenvalue weighted by Crippen LogP contribution is 2.46. The molecule has 52 heavy (non-hydrogen) atoms. The van der Waals surface area contributed by atoms with E-state index in [-0.39, 0.29) is 53.5 Å². The Hall–Kier alpha value is -4.18. The number of pyridine rings is 1. The molecule has 3 unspecified atom stereocenters. The SMILES string of the molecule is CC[C@@H]1NCCN2c3nc(OCC45CCCN4CC(CC(F)F)C5)nc4c(F)c(-c5cc(O)cc6ccc(F)c(OC(F)(F)F)c56)nc(c34)CCC12. The summed E-state index contributed by atoms with van der Waals surface area (Å²) in [5.74, 6) is -3.75. The first kappa shape index (κ1) is 34.9. The van der Waals surface area contributed by atoms with Crippen molar-refractivity contribution in [2.45, 2.75) is 82.3 Å². The number of piperazine rings is 1. The van der Waals surface area contributed by atoms with E-state index in [9.17, 15) is 27.1 Å². The molecule has 0 radical (unpaired) electrons. The molecule has 278 valence electrons. The van der Waals surface area contributed by atoms with Crippen molar-refractivity contribution < 1.29 is 45.3 Å². The van der Waals surface area contributed by atoms with Gasteiger partial charge in [0.1, 0.15) is 29.4 Å². The molecule has 6 heterocycles. The smallest absolute Gasteiger partial charge is 0.508 e. The van der Waals surface area contributed by atoms with Gasteiger partial charge in [0, 0.05) is 49.1 Å². The first-order chi connectivity index (χ1) is 24.8. The Bertz CT molecular complexity index is 2030. The number of halogens is 7. The summed E-state index contributed by atoms with van der Waals surface area (Å²) in [6.45, 7) is 4.61. The zero-order valence-electron chi connectivity index (χ0n) is 28.2. The molecule has 4 atom stereocenters. The van der Waals surface area contributed by atoms with Gasteiger partial charge in [0.05, 0.1) is 16.6 Å². The number of aromatic hydroxyl groups is 1. The van der Waals surface area contributed by atoms with Crippen LogP contribution >= 0.6 is 0 Å².